The summed E-state index contributed by atoms with van der Waals surface area (Å²) in [6, 6.07) is 7.63. The summed E-state index contributed by atoms with van der Waals surface area (Å²) in [5.41, 5.74) is 1.80. The summed E-state index contributed by atoms with van der Waals surface area (Å²) in [5.74, 6) is 0.161. The van der Waals surface area contributed by atoms with E-state index in [1.54, 1.807) is 24.8 Å². The van der Waals surface area contributed by atoms with Crippen LogP contribution in [-0.4, -0.2) is 39.4 Å². The van der Waals surface area contributed by atoms with Crippen LogP contribution < -0.4 is 9.46 Å². The Morgan fingerprint density at radius 2 is 2.03 bits per heavy atom. The van der Waals surface area contributed by atoms with Crippen molar-refractivity contribution in [2.75, 3.05) is 12.4 Å². The van der Waals surface area contributed by atoms with Gasteiger partial charge in [-0.05, 0) is 37.1 Å². The molecule has 1 unspecified atom stereocenters. The Balaban J connectivity index is 1.90. The largest absolute Gasteiger partial charge is 0.573 e. The number of rotatable bonds is 10. The van der Waals surface area contributed by atoms with Gasteiger partial charge in [-0.15, -0.1) is 17.9 Å². The molecule has 0 fully saturated rings. The number of pyridine rings is 1. The molecule has 1 atom stereocenters. The Morgan fingerprint density at radius 3 is 2.65 bits per heavy atom. The molecule has 1 N–H and O–H groups in total. The summed E-state index contributed by atoms with van der Waals surface area (Å²) in [6.45, 7) is 4.72. The fraction of sp³-hybridized carbons (Fsp3) is 0.348. The van der Waals surface area contributed by atoms with Gasteiger partial charge in [0.1, 0.15) is 22.6 Å². The van der Waals surface area contributed by atoms with E-state index in [1.165, 1.54) is 18.2 Å². The van der Waals surface area contributed by atoms with Gasteiger partial charge >= 0.3 is 12.5 Å². The molecule has 0 saturated carbocycles. The lowest BCUT2D eigenvalue weighted by molar-refractivity contribution is -0.274. The lowest BCUT2D eigenvalue weighted by Gasteiger charge is -2.14. The Kier molecular flexibility index (Phi) is 8.80. The van der Waals surface area contributed by atoms with Crippen LogP contribution >= 0.6 is 0 Å². The Hall–Kier alpha value is -3.21. The van der Waals surface area contributed by atoms with Crippen molar-refractivity contribution in [2.24, 2.45) is 0 Å². The molecule has 11 heteroatoms. The Bertz CT molecular complexity index is 1060. The van der Waals surface area contributed by atoms with E-state index in [-0.39, 0.29) is 5.75 Å². The first-order valence-electron chi connectivity index (χ1n) is 10.7. The second-order valence-corrected chi connectivity index (χ2v) is 9.27. The van der Waals surface area contributed by atoms with E-state index in [4.69, 9.17) is 4.74 Å². The topological polar surface area (TPSA) is 78.3 Å². The number of benzene rings is 1. The van der Waals surface area contributed by atoms with Gasteiger partial charge < -0.3 is 14.0 Å². The van der Waals surface area contributed by atoms with Crippen molar-refractivity contribution in [1.29, 1.82) is 0 Å². The van der Waals surface area contributed by atoms with Crippen molar-refractivity contribution in [3.8, 4) is 17.0 Å². The standard InChI is InChI=1S/C23H25F3N4O3S/c1-3-5-12-32-22(31)29-34(4-2)21-9-7-18(33-23(24,25)26)13-19(21)20-8-6-17(14-28-20)15-30-11-10-27-16-30/h6-11,13-14,16H,3-5,12,15H2,1-2H3/p+1. The summed E-state index contributed by atoms with van der Waals surface area (Å²) in [5, 5.41) is 0. The van der Waals surface area contributed by atoms with E-state index in [2.05, 4.69) is 19.4 Å². The van der Waals surface area contributed by atoms with Crippen LogP contribution in [0, 0.1) is 0 Å². The molecule has 2 heterocycles. The smallest absolute Gasteiger partial charge is 0.447 e. The lowest BCUT2D eigenvalue weighted by Crippen LogP contribution is -2.33. The first kappa shape index (κ1) is 25.4. The summed E-state index contributed by atoms with van der Waals surface area (Å²) >= 11 is -0.819. The predicted molar refractivity (Wildman–Crippen MR) is 123 cm³/mol. The summed E-state index contributed by atoms with van der Waals surface area (Å²) < 4.78 is 52.5. The number of hydrogen-bond donors (Lipinski definition) is 1. The third kappa shape index (κ3) is 7.41. The Labute approximate surface area is 198 Å². The summed E-state index contributed by atoms with van der Waals surface area (Å²) in [7, 11) is 0. The zero-order valence-electron chi connectivity index (χ0n) is 18.8. The number of carbonyl (C=O) groups excluding carboxylic acids is 1. The molecule has 0 aliphatic heterocycles. The van der Waals surface area contributed by atoms with Crippen molar-refractivity contribution in [3.63, 3.8) is 0 Å². The highest BCUT2D eigenvalue weighted by molar-refractivity contribution is 7.95. The van der Waals surface area contributed by atoms with E-state index in [1.807, 2.05) is 30.7 Å². The average Bonchev–Trinajstić information content (AvgIpc) is 3.30. The zero-order chi connectivity index (χ0) is 24.6. The molecular weight excluding hydrogens is 469 g/mol. The zero-order valence-corrected chi connectivity index (χ0v) is 19.7. The average molecular weight is 496 g/mol. The second-order valence-electron chi connectivity index (χ2n) is 7.26. The number of carbonyl (C=O) groups is 1. The van der Waals surface area contributed by atoms with Gasteiger partial charge in [-0.1, -0.05) is 19.4 Å². The van der Waals surface area contributed by atoms with E-state index >= 15 is 0 Å². The SMILES string of the molecule is CCCCOC(=O)N[S+](CC)c1ccc(OC(F)(F)F)cc1-c1ccc(Cn2ccnc2)cn1. The number of halogens is 3. The van der Waals surface area contributed by atoms with Crippen LogP contribution in [0.3, 0.4) is 0 Å². The maximum Gasteiger partial charge on any atom is 0.573 e. The molecule has 0 aliphatic rings. The number of hydrogen-bond acceptors (Lipinski definition) is 5. The van der Waals surface area contributed by atoms with Gasteiger partial charge in [0.15, 0.2) is 4.90 Å². The van der Waals surface area contributed by atoms with Crippen molar-refractivity contribution in [2.45, 2.75) is 44.5 Å². The van der Waals surface area contributed by atoms with Crippen LogP contribution in [0.25, 0.3) is 11.3 Å². The predicted octanol–water partition coefficient (Wildman–Crippen LogP) is 5.33. The monoisotopic (exact) mass is 495 g/mol. The van der Waals surface area contributed by atoms with Gasteiger partial charge in [-0.25, -0.2) is 9.78 Å². The van der Waals surface area contributed by atoms with Crippen LogP contribution in [0.15, 0.2) is 60.1 Å². The highest BCUT2D eigenvalue weighted by Crippen LogP contribution is 2.33. The third-order valence-electron chi connectivity index (χ3n) is 4.70. The number of ether oxygens (including phenoxy) is 2. The fourth-order valence-electron chi connectivity index (χ4n) is 3.11. The van der Waals surface area contributed by atoms with Crippen molar-refractivity contribution < 1.29 is 27.4 Å². The second kappa shape index (κ2) is 11.8. The number of unbranched alkanes of at least 4 members (excludes halogenated alkanes) is 1. The minimum atomic E-state index is -4.82. The number of nitrogens with one attached hydrogen (secondary N) is 1. The van der Waals surface area contributed by atoms with Gasteiger partial charge in [0.25, 0.3) is 0 Å². The fourth-order valence-corrected chi connectivity index (χ4v) is 4.60. The number of nitrogens with zero attached hydrogens (tertiary/aromatic N) is 3. The summed E-state index contributed by atoms with van der Waals surface area (Å²) in [4.78, 5) is 21.4. The highest BCUT2D eigenvalue weighted by Gasteiger charge is 2.33. The van der Waals surface area contributed by atoms with E-state index in [0.29, 0.717) is 35.1 Å². The Morgan fingerprint density at radius 1 is 1.21 bits per heavy atom. The minimum absolute atomic E-state index is 0.300. The maximum absolute atomic E-state index is 12.8. The van der Waals surface area contributed by atoms with Gasteiger partial charge in [0.05, 0.1) is 24.2 Å². The number of imidazole rings is 1. The van der Waals surface area contributed by atoms with E-state index < -0.39 is 23.5 Å². The van der Waals surface area contributed by atoms with Gasteiger partial charge in [0, 0.05) is 31.2 Å². The normalized spacial score (nSPS) is 12.3. The number of amides is 1. The molecule has 3 aromatic rings. The van der Waals surface area contributed by atoms with Crippen molar-refractivity contribution >= 4 is 17.2 Å². The summed E-state index contributed by atoms with van der Waals surface area (Å²) in [6.07, 6.45) is 3.08. The molecule has 0 aliphatic carbocycles. The molecule has 7 nitrogen and oxygen atoms in total. The van der Waals surface area contributed by atoms with Gasteiger partial charge in [0.2, 0.25) is 0 Å². The molecule has 0 radical (unpaired) electrons. The molecule has 2 aromatic heterocycles. The molecule has 0 spiro atoms. The molecule has 34 heavy (non-hydrogen) atoms. The van der Waals surface area contributed by atoms with Crippen LogP contribution in [0.2, 0.25) is 0 Å². The minimum Gasteiger partial charge on any atom is -0.447 e. The first-order chi connectivity index (χ1) is 16.3. The van der Waals surface area contributed by atoms with Crippen molar-refractivity contribution in [3.05, 3.63) is 60.8 Å². The molecule has 182 valence electrons. The first-order valence-corrected chi connectivity index (χ1v) is 12.1. The van der Waals surface area contributed by atoms with Crippen LogP contribution in [0.5, 0.6) is 5.75 Å². The molecular formula is C23H26F3N4O3S+. The quantitative estimate of drug-likeness (QED) is 0.304. The number of alkyl halides is 3. The van der Waals surface area contributed by atoms with Crippen LogP contribution in [0.4, 0.5) is 18.0 Å². The molecule has 1 aromatic carbocycles. The lowest BCUT2D eigenvalue weighted by atomic mass is 10.1. The van der Waals surface area contributed by atoms with E-state index in [9.17, 15) is 18.0 Å². The van der Waals surface area contributed by atoms with Crippen LogP contribution in [0.1, 0.15) is 32.3 Å². The van der Waals surface area contributed by atoms with Crippen molar-refractivity contribution in [1.82, 2.24) is 19.3 Å². The van der Waals surface area contributed by atoms with Gasteiger partial charge in [-0.3, -0.25) is 4.98 Å². The molecule has 0 bridgehead atoms. The number of aromatic nitrogens is 3. The van der Waals surface area contributed by atoms with Crippen LogP contribution in [-0.2, 0) is 22.4 Å². The van der Waals surface area contributed by atoms with Gasteiger partial charge in [-0.2, -0.15) is 0 Å². The molecule has 1 amide bonds. The molecule has 0 saturated heterocycles. The highest BCUT2D eigenvalue weighted by atomic mass is 32.2. The third-order valence-corrected chi connectivity index (χ3v) is 6.58. The molecule has 3 rings (SSSR count). The maximum atomic E-state index is 12.8. The van der Waals surface area contributed by atoms with E-state index in [0.717, 1.165) is 18.4 Å².